The smallest absolute Gasteiger partial charge is 0.264 e. The minimum absolute atomic E-state index is 0.0735. The molecule has 0 unspecified atom stereocenters. The van der Waals surface area contributed by atoms with Crippen LogP contribution in [-0.4, -0.2) is 27.4 Å². The number of nitrogens with zero attached hydrogens (tertiary/aromatic N) is 2. The van der Waals surface area contributed by atoms with Crippen LogP contribution in [-0.2, 0) is 16.4 Å². The van der Waals surface area contributed by atoms with Gasteiger partial charge < -0.3 is 4.90 Å². The quantitative estimate of drug-likeness (QED) is 0.628. The lowest BCUT2D eigenvalue weighted by atomic mass is 10.1. The summed E-state index contributed by atoms with van der Waals surface area (Å²) in [6.07, 6.45) is 0.830. The number of fused-ring (bicyclic) bond motifs is 1. The van der Waals surface area contributed by atoms with Gasteiger partial charge in [0.15, 0.2) is 0 Å². The van der Waals surface area contributed by atoms with Crippen molar-refractivity contribution >= 4 is 27.3 Å². The van der Waals surface area contributed by atoms with Gasteiger partial charge in [-0.25, -0.2) is 8.42 Å². The molecule has 0 radical (unpaired) electrons. The second kappa shape index (κ2) is 7.61. The molecule has 6 heteroatoms. The Labute approximate surface area is 177 Å². The van der Waals surface area contributed by atoms with Gasteiger partial charge in [0, 0.05) is 24.3 Å². The van der Waals surface area contributed by atoms with Crippen LogP contribution in [0.4, 0.5) is 11.4 Å². The molecule has 3 aromatic rings. The zero-order valence-electron chi connectivity index (χ0n) is 17.2. The molecule has 3 aromatic carbocycles. The van der Waals surface area contributed by atoms with Crippen molar-refractivity contribution in [3.63, 3.8) is 0 Å². The molecule has 154 valence electrons. The first-order valence-corrected chi connectivity index (χ1v) is 11.3. The van der Waals surface area contributed by atoms with E-state index in [1.165, 1.54) is 16.9 Å². The van der Waals surface area contributed by atoms with Crippen LogP contribution in [0.1, 0.15) is 28.4 Å². The predicted octanol–water partition coefficient (Wildman–Crippen LogP) is 4.41. The van der Waals surface area contributed by atoms with Crippen LogP contribution in [0.3, 0.4) is 0 Å². The number of carbonyl (C=O) groups excluding carboxylic acids is 1. The maximum absolute atomic E-state index is 13.3. The first-order valence-electron chi connectivity index (χ1n) is 9.87. The summed E-state index contributed by atoms with van der Waals surface area (Å²) in [7, 11) is -2.14. The Morgan fingerprint density at radius 3 is 2.37 bits per heavy atom. The summed E-state index contributed by atoms with van der Waals surface area (Å²) >= 11 is 0. The Morgan fingerprint density at radius 2 is 1.67 bits per heavy atom. The SMILES string of the molecule is Cc1cc(C(=O)N2c3ccccc3C[C@H]2C)ccc1N(C)S(=O)(=O)c1ccccc1. The molecular formula is C24H24N2O3S. The molecule has 1 aliphatic rings. The van der Waals surface area contributed by atoms with Crippen molar-refractivity contribution in [2.75, 3.05) is 16.3 Å². The van der Waals surface area contributed by atoms with E-state index in [0.29, 0.717) is 11.3 Å². The zero-order valence-corrected chi connectivity index (χ0v) is 18.1. The number of anilines is 2. The summed E-state index contributed by atoms with van der Waals surface area (Å²) in [5.74, 6) is -0.0735. The molecule has 1 amide bonds. The van der Waals surface area contributed by atoms with E-state index in [1.807, 2.05) is 36.9 Å². The van der Waals surface area contributed by atoms with Crippen molar-refractivity contribution in [3.05, 3.63) is 89.5 Å². The van der Waals surface area contributed by atoms with Crippen molar-refractivity contribution in [1.82, 2.24) is 0 Å². The number of hydrogen-bond acceptors (Lipinski definition) is 3. The average molecular weight is 421 g/mol. The second-order valence-electron chi connectivity index (χ2n) is 7.64. The number of hydrogen-bond donors (Lipinski definition) is 0. The van der Waals surface area contributed by atoms with Crippen LogP contribution < -0.4 is 9.21 Å². The Hall–Kier alpha value is -3.12. The molecule has 0 saturated carbocycles. The Morgan fingerprint density at radius 1 is 1.00 bits per heavy atom. The number of benzene rings is 3. The fraction of sp³-hybridized carbons (Fsp3) is 0.208. The largest absolute Gasteiger partial charge is 0.305 e. The topological polar surface area (TPSA) is 57.7 Å². The van der Waals surface area contributed by atoms with Crippen LogP contribution in [0.25, 0.3) is 0 Å². The van der Waals surface area contributed by atoms with Gasteiger partial charge in [-0.1, -0.05) is 36.4 Å². The van der Waals surface area contributed by atoms with Gasteiger partial charge in [-0.2, -0.15) is 0 Å². The van der Waals surface area contributed by atoms with Crippen LogP contribution in [0.2, 0.25) is 0 Å². The maximum Gasteiger partial charge on any atom is 0.264 e. The Kier molecular flexibility index (Phi) is 5.12. The highest BCUT2D eigenvalue weighted by Gasteiger charge is 2.31. The number of para-hydroxylation sites is 1. The van der Waals surface area contributed by atoms with Gasteiger partial charge in [0.2, 0.25) is 0 Å². The van der Waals surface area contributed by atoms with E-state index in [9.17, 15) is 13.2 Å². The Balaban J connectivity index is 1.65. The van der Waals surface area contributed by atoms with Gasteiger partial charge in [0.1, 0.15) is 0 Å². The summed E-state index contributed by atoms with van der Waals surface area (Å²) in [4.78, 5) is 15.3. The summed E-state index contributed by atoms with van der Waals surface area (Å²) < 4.78 is 27.2. The molecule has 4 rings (SSSR count). The molecule has 1 atom stereocenters. The van der Waals surface area contributed by atoms with Crippen molar-refractivity contribution in [1.29, 1.82) is 0 Å². The van der Waals surface area contributed by atoms with Gasteiger partial charge in [-0.3, -0.25) is 9.10 Å². The third kappa shape index (κ3) is 3.37. The first-order chi connectivity index (χ1) is 14.3. The maximum atomic E-state index is 13.3. The Bertz CT molecular complexity index is 1210. The fourth-order valence-electron chi connectivity index (χ4n) is 4.04. The van der Waals surface area contributed by atoms with Crippen molar-refractivity contribution < 1.29 is 13.2 Å². The molecule has 0 fully saturated rings. The van der Waals surface area contributed by atoms with Gasteiger partial charge in [-0.15, -0.1) is 0 Å². The molecule has 0 spiro atoms. The highest BCUT2D eigenvalue weighted by atomic mass is 32.2. The highest BCUT2D eigenvalue weighted by molar-refractivity contribution is 7.92. The molecule has 30 heavy (non-hydrogen) atoms. The van der Waals surface area contributed by atoms with E-state index in [0.717, 1.165) is 17.7 Å². The van der Waals surface area contributed by atoms with Crippen molar-refractivity contribution in [3.8, 4) is 0 Å². The van der Waals surface area contributed by atoms with E-state index in [2.05, 4.69) is 6.07 Å². The van der Waals surface area contributed by atoms with Crippen molar-refractivity contribution in [2.45, 2.75) is 31.2 Å². The molecule has 5 nitrogen and oxygen atoms in total. The highest BCUT2D eigenvalue weighted by Crippen LogP contribution is 2.34. The molecule has 0 saturated heterocycles. The molecule has 0 N–H and O–H groups in total. The average Bonchev–Trinajstić information content (AvgIpc) is 3.09. The fourth-order valence-corrected chi connectivity index (χ4v) is 5.32. The van der Waals surface area contributed by atoms with E-state index in [4.69, 9.17) is 0 Å². The van der Waals surface area contributed by atoms with E-state index < -0.39 is 10.0 Å². The second-order valence-corrected chi connectivity index (χ2v) is 9.61. The van der Waals surface area contributed by atoms with Crippen molar-refractivity contribution in [2.24, 2.45) is 0 Å². The summed E-state index contributed by atoms with van der Waals surface area (Å²) in [5.41, 5.74) is 3.93. The van der Waals surface area contributed by atoms with Crippen LogP contribution in [0, 0.1) is 6.92 Å². The van der Waals surface area contributed by atoms with E-state index >= 15 is 0 Å². The number of aryl methyl sites for hydroxylation is 1. The summed E-state index contributed by atoms with van der Waals surface area (Å²) in [6, 6.07) is 21.5. The lowest BCUT2D eigenvalue weighted by Gasteiger charge is -2.25. The van der Waals surface area contributed by atoms with Crippen LogP contribution >= 0.6 is 0 Å². The molecule has 1 aliphatic heterocycles. The third-order valence-electron chi connectivity index (χ3n) is 5.61. The lowest BCUT2D eigenvalue weighted by Crippen LogP contribution is -2.35. The molecule has 0 aliphatic carbocycles. The van der Waals surface area contributed by atoms with Gasteiger partial charge in [0.05, 0.1) is 10.6 Å². The minimum Gasteiger partial charge on any atom is -0.305 e. The third-order valence-corrected chi connectivity index (χ3v) is 7.40. The number of carbonyl (C=O) groups is 1. The van der Waals surface area contributed by atoms with Gasteiger partial charge >= 0.3 is 0 Å². The molecule has 0 aromatic heterocycles. The number of amides is 1. The molecule has 0 bridgehead atoms. The van der Waals surface area contributed by atoms with Crippen LogP contribution in [0.5, 0.6) is 0 Å². The monoisotopic (exact) mass is 420 g/mol. The van der Waals surface area contributed by atoms with Gasteiger partial charge in [-0.05, 0) is 67.8 Å². The predicted molar refractivity (Wildman–Crippen MR) is 120 cm³/mol. The zero-order chi connectivity index (χ0) is 21.5. The number of rotatable bonds is 4. The van der Waals surface area contributed by atoms with Gasteiger partial charge in [0.25, 0.3) is 15.9 Å². The molecular weight excluding hydrogens is 396 g/mol. The summed E-state index contributed by atoms with van der Waals surface area (Å²) in [5, 5.41) is 0. The number of sulfonamides is 1. The lowest BCUT2D eigenvalue weighted by molar-refractivity contribution is 0.0981. The van der Waals surface area contributed by atoms with E-state index in [-0.39, 0.29) is 16.8 Å². The minimum atomic E-state index is -3.67. The normalized spacial score (nSPS) is 15.7. The summed E-state index contributed by atoms with van der Waals surface area (Å²) in [6.45, 7) is 3.86. The standard InChI is InChI=1S/C24H24N2O3S/c1-17-15-20(24(27)26-18(2)16-19-9-7-8-12-23(19)26)13-14-22(17)25(3)30(28,29)21-10-5-4-6-11-21/h4-15,18H,16H2,1-3H3/t18-/m1/s1. The van der Waals surface area contributed by atoms with E-state index in [1.54, 1.807) is 48.5 Å². The molecule has 1 heterocycles. The van der Waals surface area contributed by atoms with Crippen LogP contribution in [0.15, 0.2) is 77.7 Å². The first kappa shape index (κ1) is 20.2.